The Morgan fingerprint density at radius 2 is 2.36 bits per heavy atom. The zero-order valence-corrected chi connectivity index (χ0v) is 10.3. The van der Waals surface area contributed by atoms with Gasteiger partial charge in [-0.1, -0.05) is 11.8 Å². The fourth-order valence-electron chi connectivity index (χ4n) is 0.793. The Kier molecular flexibility index (Phi) is 4.41. The summed E-state index contributed by atoms with van der Waals surface area (Å²) in [6.07, 6.45) is 0. The van der Waals surface area contributed by atoms with E-state index in [1.807, 2.05) is 19.1 Å². The first kappa shape index (κ1) is 11.5. The molecule has 0 aliphatic carbocycles. The van der Waals surface area contributed by atoms with E-state index in [1.54, 1.807) is 0 Å². The van der Waals surface area contributed by atoms with Crippen molar-refractivity contribution in [2.24, 2.45) is 0 Å². The number of esters is 1. The quantitative estimate of drug-likeness (QED) is 0.628. The zero-order chi connectivity index (χ0) is 10.6. The van der Waals surface area contributed by atoms with Crippen molar-refractivity contribution in [1.29, 1.82) is 0 Å². The number of methoxy groups -OCH3 is 1. The average molecular weight is 276 g/mol. The van der Waals surface area contributed by atoms with Crippen LogP contribution >= 0.6 is 27.7 Å². The zero-order valence-electron chi connectivity index (χ0n) is 7.91. The summed E-state index contributed by atoms with van der Waals surface area (Å²) in [6.45, 7) is 1.91. The molecule has 0 unspecified atom stereocenters. The number of hydrogen-bond donors (Lipinski definition) is 0. The van der Waals surface area contributed by atoms with Gasteiger partial charge in [-0.15, -0.1) is 0 Å². The Bertz CT molecular complexity index is 344. The van der Waals surface area contributed by atoms with E-state index < -0.39 is 0 Å². The summed E-state index contributed by atoms with van der Waals surface area (Å²) in [6, 6.07) is 3.78. The maximum atomic E-state index is 10.9. The highest BCUT2D eigenvalue weighted by atomic mass is 79.9. The Hall–Kier alpha value is -0.550. The van der Waals surface area contributed by atoms with Crippen molar-refractivity contribution in [3.8, 4) is 0 Å². The molecule has 0 fully saturated rings. The normalized spacial score (nSPS) is 9.93. The van der Waals surface area contributed by atoms with Crippen LogP contribution in [0.25, 0.3) is 0 Å². The smallest absolute Gasteiger partial charge is 0.316 e. The van der Waals surface area contributed by atoms with E-state index in [9.17, 15) is 4.79 Å². The molecule has 0 N–H and O–H groups in total. The van der Waals surface area contributed by atoms with Crippen molar-refractivity contribution >= 4 is 33.7 Å². The van der Waals surface area contributed by atoms with E-state index in [2.05, 4.69) is 25.7 Å². The van der Waals surface area contributed by atoms with Crippen molar-refractivity contribution in [1.82, 2.24) is 4.98 Å². The molecule has 1 rings (SSSR count). The molecule has 1 aromatic rings. The highest BCUT2D eigenvalue weighted by molar-refractivity contribution is 9.10. The van der Waals surface area contributed by atoms with Crippen LogP contribution in [0, 0.1) is 6.92 Å². The lowest BCUT2D eigenvalue weighted by atomic mass is 10.4. The lowest BCUT2D eigenvalue weighted by Gasteiger charge is -2.02. The molecule has 0 aromatic carbocycles. The van der Waals surface area contributed by atoms with Gasteiger partial charge >= 0.3 is 5.97 Å². The Labute approximate surface area is 95.4 Å². The van der Waals surface area contributed by atoms with E-state index in [0.717, 1.165) is 15.2 Å². The van der Waals surface area contributed by atoms with Crippen LogP contribution in [0.4, 0.5) is 0 Å². The molecule has 5 heteroatoms. The molecule has 0 radical (unpaired) electrons. The molecule has 14 heavy (non-hydrogen) atoms. The number of pyridine rings is 1. The van der Waals surface area contributed by atoms with Crippen molar-refractivity contribution in [2.45, 2.75) is 11.9 Å². The van der Waals surface area contributed by atoms with Crippen LogP contribution in [0.2, 0.25) is 0 Å². The molecule has 0 aliphatic heterocycles. The lowest BCUT2D eigenvalue weighted by molar-refractivity contribution is -0.137. The monoisotopic (exact) mass is 275 g/mol. The van der Waals surface area contributed by atoms with E-state index in [-0.39, 0.29) is 5.97 Å². The Morgan fingerprint density at radius 3 is 2.93 bits per heavy atom. The van der Waals surface area contributed by atoms with Gasteiger partial charge in [0.1, 0.15) is 0 Å². The number of rotatable bonds is 3. The van der Waals surface area contributed by atoms with E-state index >= 15 is 0 Å². The number of thioether (sulfide) groups is 1. The Morgan fingerprint density at radius 1 is 1.64 bits per heavy atom. The van der Waals surface area contributed by atoms with Crippen molar-refractivity contribution in [3.63, 3.8) is 0 Å². The largest absolute Gasteiger partial charge is 0.468 e. The third kappa shape index (κ3) is 3.31. The van der Waals surface area contributed by atoms with Crippen LogP contribution in [0.5, 0.6) is 0 Å². The minimum Gasteiger partial charge on any atom is -0.468 e. The van der Waals surface area contributed by atoms with Gasteiger partial charge in [-0.3, -0.25) is 4.79 Å². The van der Waals surface area contributed by atoms with Crippen molar-refractivity contribution in [2.75, 3.05) is 12.9 Å². The van der Waals surface area contributed by atoms with Gasteiger partial charge in [0.2, 0.25) is 0 Å². The number of carbonyl (C=O) groups is 1. The van der Waals surface area contributed by atoms with Gasteiger partial charge in [-0.25, -0.2) is 4.98 Å². The molecule has 0 amide bonds. The topological polar surface area (TPSA) is 39.2 Å². The van der Waals surface area contributed by atoms with Gasteiger partial charge in [-0.2, -0.15) is 0 Å². The molecule has 3 nitrogen and oxygen atoms in total. The maximum absolute atomic E-state index is 10.9. The van der Waals surface area contributed by atoms with Crippen LogP contribution < -0.4 is 0 Å². The summed E-state index contributed by atoms with van der Waals surface area (Å²) in [4.78, 5) is 15.1. The molecule has 0 saturated carbocycles. The number of aromatic nitrogens is 1. The predicted octanol–water partition coefficient (Wildman–Crippen LogP) is 2.42. The summed E-state index contributed by atoms with van der Waals surface area (Å²) in [5.74, 6) is 0.0577. The highest BCUT2D eigenvalue weighted by Crippen LogP contribution is 2.20. The second-order valence-corrected chi connectivity index (χ2v) is 4.43. The van der Waals surface area contributed by atoms with Crippen molar-refractivity contribution in [3.05, 3.63) is 22.3 Å². The van der Waals surface area contributed by atoms with Gasteiger partial charge in [0.15, 0.2) is 0 Å². The lowest BCUT2D eigenvalue weighted by Crippen LogP contribution is -2.03. The number of hydrogen-bond acceptors (Lipinski definition) is 4. The third-order valence-electron chi connectivity index (χ3n) is 1.56. The summed E-state index contributed by atoms with van der Waals surface area (Å²) >= 11 is 4.73. The summed E-state index contributed by atoms with van der Waals surface area (Å²) in [5.41, 5.74) is 0.917. The molecule has 0 spiro atoms. The average Bonchev–Trinajstić information content (AvgIpc) is 2.19. The molecule has 0 aliphatic rings. The summed E-state index contributed by atoms with van der Waals surface area (Å²) in [7, 11) is 1.38. The number of aryl methyl sites for hydroxylation is 1. The van der Waals surface area contributed by atoms with Gasteiger partial charge in [0.25, 0.3) is 0 Å². The SMILES string of the molecule is COC(=O)CSc1ccc(Br)c(C)n1. The van der Waals surface area contributed by atoms with E-state index in [4.69, 9.17) is 0 Å². The number of carbonyl (C=O) groups excluding carboxylic acids is 1. The number of nitrogens with zero attached hydrogens (tertiary/aromatic N) is 1. The highest BCUT2D eigenvalue weighted by Gasteiger charge is 2.04. The van der Waals surface area contributed by atoms with Crippen LogP contribution in [0.3, 0.4) is 0 Å². The van der Waals surface area contributed by atoms with Crippen LogP contribution in [-0.4, -0.2) is 23.8 Å². The Balaban J connectivity index is 2.60. The summed E-state index contributed by atoms with van der Waals surface area (Å²) in [5, 5.41) is 0.830. The van der Waals surface area contributed by atoms with Crippen molar-refractivity contribution < 1.29 is 9.53 Å². The van der Waals surface area contributed by atoms with Crippen LogP contribution in [-0.2, 0) is 9.53 Å². The van der Waals surface area contributed by atoms with E-state index in [0.29, 0.717) is 5.75 Å². The first-order valence-electron chi connectivity index (χ1n) is 3.96. The molecule has 0 bridgehead atoms. The minimum atomic E-state index is -0.239. The summed E-state index contributed by atoms with van der Waals surface area (Å²) < 4.78 is 5.50. The minimum absolute atomic E-state index is 0.239. The molecule has 1 heterocycles. The first-order chi connectivity index (χ1) is 6.63. The number of ether oxygens (including phenoxy) is 1. The van der Waals surface area contributed by atoms with Gasteiger partial charge in [0, 0.05) is 4.47 Å². The molecule has 0 atom stereocenters. The third-order valence-corrected chi connectivity index (χ3v) is 3.30. The molecule has 76 valence electrons. The van der Waals surface area contributed by atoms with Gasteiger partial charge in [-0.05, 0) is 35.0 Å². The second-order valence-electron chi connectivity index (χ2n) is 2.58. The standard InChI is InChI=1S/C9H10BrNO2S/c1-6-7(10)3-4-8(11-6)14-5-9(12)13-2/h3-4H,5H2,1-2H3. The number of halogens is 1. The fraction of sp³-hybridized carbons (Fsp3) is 0.333. The van der Waals surface area contributed by atoms with E-state index in [1.165, 1.54) is 18.9 Å². The van der Waals surface area contributed by atoms with Crippen LogP contribution in [0.1, 0.15) is 5.69 Å². The molecule has 1 aromatic heterocycles. The van der Waals surface area contributed by atoms with Gasteiger partial charge in [0.05, 0.1) is 23.6 Å². The molecular weight excluding hydrogens is 266 g/mol. The predicted molar refractivity (Wildman–Crippen MR) is 59.4 cm³/mol. The first-order valence-corrected chi connectivity index (χ1v) is 5.74. The second kappa shape index (κ2) is 5.36. The van der Waals surface area contributed by atoms with Gasteiger partial charge < -0.3 is 4.74 Å². The molecule has 0 saturated heterocycles. The van der Waals surface area contributed by atoms with Crippen LogP contribution in [0.15, 0.2) is 21.6 Å². The maximum Gasteiger partial charge on any atom is 0.316 e. The fourth-order valence-corrected chi connectivity index (χ4v) is 1.76. The molecular formula is C9H10BrNO2S.